The maximum Gasteiger partial charge on any atom is 0.159 e. The van der Waals surface area contributed by atoms with Crippen LogP contribution in [0.2, 0.25) is 0 Å². The van der Waals surface area contributed by atoms with Crippen molar-refractivity contribution < 1.29 is 9.18 Å². The van der Waals surface area contributed by atoms with Gasteiger partial charge in [0.1, 0.15) is 5.82 Å². The topological polar surface area (TPSA) is 17.1 Å². The number of halogens is 1. The van der Waals surface area contributed by atoms with Gasteiger partial charge >= 0.3 is 0 Å². The van der Waals surface area contributed by atoms with Crippen LogP contribution in [-0.4, -0.2) is 5.78 Å². The van der Waals surface area contributed by atoms with Gasteiger partial charge in [0.15, 0.2) is 5.78 Å². The number of aryl methyl sites for hydroxylation is 2. The summed E-state index contributed by atoms with van der Waals surface area (Å²) in [7, 11) is 0. The van der Waals surface area contributed by atoms with Crippen LogP contribution in [0.1, 0.15) is 42.3 Å². The fraction of sp³-hybridized carbons (Fsp3) is 0.278. The maximum atomic E-state index is 14.2. The minimum absolute atomic E-state index is 0.0454. The van der Waals surface area contributed by atoms with E-state index in [0.29, 0.717) is 11.1 Å². The molecule has 0 atom stereocenters. The normalized spacial score (nSPS) is 10.6. The fourth-order valence-electron chi connectivity index (χ4n) is 2.35. The third-order valence-corrected chi connectivity index (χ3v) is 3.63. The van der Waals surface area contributed by atoms with E-state index in [-0.39, 0.29) is 11.6 Å². The molecular weight excluding hydrogens is 251 g/mol. The molecule has 0 spiro atoms. The molecule has 2 heteroatoms. The molecule has 0 fully saturated rings. The Morgan fingerprint density at radius 1 is 1.00 bits per heavy atom. The summed E-state index contributed by atoms with van der Waals surface area (Å²) in [4.78, 5) is 11.5. The predicted octanol–water partition coefficient (Wildman–Crippen LogP) is 4.82. The molecule has 2 aromatic rings. The number of carbonyl (C=O) groups excluding carboxylic acids is 1. The molecule has 0 unspecified atom stereocenters. The van der Waals surface area contributed by atoms with Crippen LogP contribution >= 0.6 is 0 Å². The number of hydrogen-bond donors (Lipinski definition) is 0. The van der Waals surface area contributed by atoms with Crippen molar-refractivity contribution in [1.29, 1.82) is 0 Å². The molecule has 0 bridgehead atoms. The molecule has 1 nitrogen and oxygen atoms in total. The average molecular weight is 270 g/mol. The number of rotatable bonds is 4. The van der Waals surface area contributed by atoms with E-state index in [0.717, 1.165) is 24.0 Å². The SMILES string of the molecule is CCc1ccc(CC)c(-c2cc(C(C)=O)ccc2F)c1. The van der Waals surface area contributed by atoms with E-state index in [1.165, 1.54) is 24.6 Å². The first-order valence-electron chi connectivity index (χ1n) is 6.99. The van der Waals surface area contributed by atoms with Gasteiger partial charge in [0.05, 0.1) is 0 Å². The van der Waals surface area contributed by atoms with E-state index in [1.807, 2.05) is 12.1 Å². The zero-order chi connectivity index (χ0) is 14.7. The predicted molar refractivity (Wildman–Crippen MR) is 80.6 cm³/mol. The van der Waals surface area contributed by atoms with Crippen LogP contribution in [0.4, 0.5) is 4.39 Å². The molecule has 2 rings (SSSR count). The lowest BCUT2D eigenvalue weighted by atomic mass is 9.93. The van der Waals surface area contributed by atoms with E-state index in [4.69, 9.17) is 0 Å². The van der Waals surface area contributed by atoms with E-state index >= 15 is 0 Å². The third-order valence-electron chi connectivity index (χ3n) is 3.63. The molecule has 0 aromatic heterocycles. The van der Waals surface area contributed by atoms with Gasteiger partial charge in [-0.3, -0.25) is 4.79 Å². The van der Waals surface area contributed by atoms with Crippen LogP contribution in [0.15, 0.2) is 36.4 Å². The van der Waals surface area contributed by atoms with Crippen molar-refractivity contribution in [2.24, 2.45) is 0 Å². The van der Waals surface area contributed by atoms with Crippen LogP contribution in [0.25, 0.3) is 11.1 Å². The molecule has 0 saturated carbocycles. The van der Waals surface area contributed by atoms with Crippen molar-refractivity contribution in [3.05, 3.63) is 58.9 Å². The van der Waals surface area contributed by atoms with Crippen LogP contribution in [0.5, 0.6) is 0 Å². The molecule has 0 N–H and O–H groups in total. The summed E-state index contributed by atoms with van der Waals surface area (Å²) in [6, 6.07) is 10.7. The summed E-state index contributed by atoms with van der Waals surface area (Å²) in [5.74, 6) is -0.325. The van der Waals surface area contributed by atoms with Crippen molar-refractivity contribution in [2.45, 2.75) is 33.6 Å². The van der Waals surface area contributed by atoms with Crippen LogP contribution in [-0.2, 0) is 12.8 Å². The highest BCUT2D eigenvalue weighted by Crippen LogP contribution is 2.29. The largest absolute Gasteiger partial charge is 0.295 e. The monoisotopic (exact) mass is 270 g/mol. The summed E-state index contributed by atoms with van der Waals surface area (Å²) in [5.41, 5.74) is 4.23. The summed E-state index contributed by atoms with van der Waals surface area (Å²) in [6.07, 6.45) is 1.74. The molecule has 0 amide bonds. The quantitative estimate of drug-likeness (QED) is 0.728. The molecule has 0 saturated heterocycles. The number of benzene rings is 2. The van der Waals surface area contributed by atoms with Crippen LogP contribution in [0, 0.1) is 5.82 Å². The highest BCUT2D eigenvalue weighted by Gasteiger charge is 2.12. The Kier molecular flexibility index (Phi) is 4.33. The van der Waals surface area contributed by atoms with E-state index < -0.39 is 0 Å². The van der Waals surface area contributed by atoms with Gasteiger partial charge in [-0.15, -0.1) is 0 Å². The first kappa shape index (κ1) is 14.4. The highest BCUT2D eigenvalue weighted by molar-refractivity contribution is 5.95. The summed E-state index contributed by atoms with van der Waals surface area (Å²) in [6.45, 7) is 5.63. The lowest BCUT2D eigenvalue weighted by Gasteiger charge is -2.12. The van der Waals surface area contributed by atoms with Gasteiger partial charge in [-0.2, -0.15) is 0 Å². The Bertz CT molecular complexity index is 644. The first-order chi connectivity index (χ1) is 9.56. The summed E-state index contributed by atoms with van der Waals surface area (Å²) in [5, 5.41) is 0. The molecule has 0 aliphatic carbocycles. The number of Topliss-reactive ketones (excluding diaryl/α,β-unsaturated/α-hetero) is 1. The fourth-order valence-corrected chi connectivity index (χ4v) is 2.35. The second kappa shape index (κ2) is 6.00. The average Bonchev–Trinajstić information content (AvgIpc) is 2.46. The van der Waals surface area contributed by atoms with Crippen molar-refractivity contribution in [3.8, 4) is 11.1 Å². The van der Waals surface area contributed by atoms with Gasteiger partial charge in [-0.25, -0.2) is 4.39 Å². The standard InChI is InChI=1S/C18H19FO/c1-4-13-6-7-14(5-2)16(10-13)17-11-15(12(3)20)8-9-18(17)19/h6-11H,4-5H2,1-3H3. The molecule has 0 radical (unpaired) electrons. The van der Waals surface area contributed by atoms with E-state index in [1.54, 1.807) is 6.07 Å². The number of carbonyl (C=O) groups is 1. The number of hydrogen-bond acceptors (Lipinski definition) is 1. The Morgan fingerprint density at radius 2 is 1.75 bits per heavy atom. The summed E-state index contributed by atoms with van der Waals surface area (Å²) < 4.78 is 14.2. The second-order valence-corrected chi connectivity index (χ2v) is 4.95. The molecule has 0 aliphatic heterocycles. The molecule has 104 valence electrons. The Labute approximate surface area is 119 Å². The summed E-state index contributed by atoms with van der Waals surface area (Å²) >= 11 is 0. The molecule has 2 aromatic carbocycles. The Morgan fingerprint density at radius 3 is 2.35 bits per heavy atom. The van der Waals surface area contributed by atoms with Gasteiger partial charge in [0.25, 0.3) is 0 Å². The van der Waals surface area contributed by atoms with Crippen molar-refractivity contribution >= 4 is 5.78 Å². The second-order valence-electron chi connectivity index (χ2n) is 4.95. The highest BCUT2D eigenvalue weighted by atomic mass is 19.1. The smallest absolute Gasteiger partial charge is 0.159 e. The van der Waals surface area contributed by atoms with Crippen molar-refractivity contribution in [3.63, 3.8) is 0 Å². The lowest BCUT2D eigenvalue weighted by molar-refractivity contribution is 0.101. The van der Waals surface area contributed by atoms with Gasteiger partial charge in [0.2, 0.25) is 0 Å². The molecule has 0 heterocycles. The van der Waals surface area contributed by atoms with Gasteiger partial charge < -0.3 is 0 Å². The molecule has 20 heavy (non-hydrogen) atoms. The number of ketones is 1. The van der Waals surface area contributed by atoms with Gasteiger partial charge in [-0.1, -0.05) is 32.0 Å². The Hall–Kier alpha value is -1.96. The minimum Gasteiger partial charge on any atom is -0.295 e. The van der Waals surface area contributed by atoms with E-state index in [9.17, 15) is 9.18 Å². The van der Waals surface area contributed by atoms with Crippen LogP contribution < -0.4 is 0 Å². The maximum absolute atomic E-state index is 14.2. The van der Waals surface area contributed by atoms with Crippen molar-refractivity contribution in [1.82, 2.24) is 0 Å². The molecule has 0 aliphatic rings. The lowest BCUT2D eigenvalue weighted by Crippen LogP contribution is -1.97. The van der Waals surface area contributed by atoms with E-state index in [2.05, 4.69) is 19.9 Å². The third kappa shape index (κ3) is 2.79. The zero-order valence-electron chi connectivity index (χ0n) is 12.2. The molecular formula is C18H19FO. The Balaban J connectivity index is 2.65. The van der Waals surface area contributed by atoms with Gasteiger partial charge in [0, 0.05) is 11.1 Å². The first-order valence-corrected chi connectivity index (χ1v) is 6.99. The van der Waals surface area contributed by atoms with Gasteiger partial charge in [-0.05, 0) is 54.7 Å². The van der Waals surface area contributed by atoms with Crippen molar-refractivity contribution in [2.75, 3.05) is 0 Å². The zero-order valence-corrected chi connectivity index (χ0v) is 12.2. The minimum atomic E-state index is -0.280. The van der Waals surface area contributed by atoms with Crippen LogP contribution in [0.3, 0.4) is 0 Å².